The fourth-order valence-electron chi connectivity index (χ4n) is 9.43. The van der Waals surface area contributed by atoms with Crippen molar-refractivity contribution in [1.29, 1.82) is 0 Å². The molecule has 4 aliphatic rings. The van der Waals surface area contributed by atoms with Crippen LogP contribution in [0.15, 0.2) is 21.2 Å². The second kappa shape index (κ2) is 8.25. The number of hydrogen-bond acceptors (Lipinski definition) is 1. The van der Waals surface area contributed by atoms with Crippen molar-refractivity contribution in [2.24, 2.45) is 39.4 Å². The number of fused-ring (bicyclic) bond motifs is 4. The van der Waals surface area contributed by atoms with Gasteiger partial charge in [0.1, 0.15) is 0 Å². The Bertz CT molecular complexity index is 817. The molecule has 1 N–H and O–H groups in total. The highest BCUT2D eigenvalue weighted by molar-refractivity contribution is 9.11. The number of aliphatic hydroxyl groups excluding tert-OH is 1. The lowest BCUT2D eigenvalue weighted by atomic mass is 9.43. The maximum Gasteiger partial charge on any atom is 0.0594 e. The SMILES string of the molecule is CC(C)=C(Br)CC[C@@H](C)[C@H]1CC[C@@]2(C)C3=C(CC[C@]12C)[C@@]1(C)CC[C@H](O)C(C)(C)[C@@H]1CC3. The molecule has 0 amide bonds. The lowest BCUT2D eigenvalue weighted by Crippen LogP contribution is -2.55. The van der Waals surface area contributed by atoms with Crippen LogP contribution in [0.2, 0.25) is 0 Å². The van der Waals surface area contributed by atoms with E-state index in [9.17, 15) is 5.11 Å². The molecular formula is C30H49BrO. The summed E-state index contributed by atoms with van der Waals surface area (Å²) in [6.45, 7) is 19.6. The fourth-order valence-corrected chi connectivity index (χ4v) is 9.66. The van der Waals surface area contributed by atoms with Crippen molar-refractivity contribution in [3.8, 4) is 0 Å². The van der Waals surface area contributed by atoms with Gasteiger partial charge < -0.3 is 5.11 Å². The van der Waals surface area contributed by atoms with Gasteiger partial charge in [-0.1, -0.05) is 74.2 Å². The summed E-state index contributed by atoms with van der Waals surface area (Å²) in [5.74, 6) is 2.25. The van der Waals surface area contributed by atoms with Crippen LogP contribution in [0.25, 0.3) is 0 Å². The smallest absolute Gasteiger partial charge is 0.0594 e. The van der Waals surface area contributed by atoms with Crippen LogP contribution in [0.1, 0.15) is 120 Å². The minimum atomic E-state index is -0.135. The third-order valence-electron chi connectivity index (χ3n) is 11.8. The van der Waals surface area contributed by atoms with Gasteiger partial charge in [-0.25, -0.2) is 0 Å². The van der Waals surface area contributed by atoms with E-state index in [0.29, 0.717) is 22.2 Å². The normalized spacial score (nSPS) is 43.9. The molecule has 0 aromatic carbocycles. The predicted octanol–water partition coefficient (Wildman–Crippen LogP) is 9.20. The highest BCUT2D eigenvalue weighted by Crippen LogP contribution is 2.72. The van der Waals surface area contributed by atoms with E-state index in [1.807, 2.05) is 11.1 Å². The molecule has 0 aliphatic heterocycles. The Hall–Kier alpha value is -0.0800. The molecule has 4 aliphatic carbocycles. The van der Waals surface area contributed by atoms with Gasteiger partial charge in [-0.15, -0.1) is 0 Å². The average Bonchev–Trinajstić information content (AvgIpc) is 3.00. The van der Waals surface area contributed by atoms with Crippen LogP contribution >= 0.6 is 15.9 Å². The van der Waals surface area contributed by atoms with E-state index in [1.54, 1.807) is 0 Å². The standard InChI is InChI=1S/C30H49BrO/c1-19(2)24(31)11-9-20(3)21-13-17-30(8)23-10-12-25-27(4,5)26(32)15-16-28(25,6)22(23)14-18-29(21,30)7/h20-21,25-26,32H,9-18H2,1-8H3/t20-,21-,25+,26+,28-,29-,30+/m1/s1. The second-order valence-electron chi connectivity index (χ2n) is 13.7. The highest BCUT2D eigenvalue weighted by atomic mass is 79.9. The minimum absolute atomic E-state index is 0.0399. The number of halogens is 1. The molecule has 0 unspecified atom stereocenters. The highest BCUT2D eigenvalue weighted by Gasteiger charge is 2.63. The third-order valence-corrected chi connectivity index (χ3v) is 13.0. The van der Waals surface area contributed by atoms with Crippen molar-refractivity contribution in [2.75, 3.05) is 0 Å². The molecule has 32 heavy (non-hydrogen) atoms. The first kappa shape index (κ1) is 25.0. The number of hydrogen-bond donors (Lipinski definition) is 1. The Morgan fingerprint density at radius 1 is 0.969 bits per heavy atom. The molecule has 7 atom stereocenters. The zero-order chi connectivity index (χ0) is 23.7. The van der Waals surface area contributed by atoms with Gasteiger partial charge in [0, 0.05) is 0 Å². The monoisotopic (exact) mass is 504 g/mol. The van der Waals surface area contributed by atoms with Crippen LogP contribution in [-0.4, -0.2) is 11.2 Å². The average molecular weight is 506 g/mol. The molecule has 0 radical (unpaired) electrons. The summed E-state index contributed by atoms with van der Waals surface area (Å²) < 4.78 is 1.41. The molecule has 2 heteroatoms. The first-order valence-electron chi connectivity index (χ1n) is 13.5. The molecule has 0 heterocycles. The quantitative estimate of drug-likeness (QED) is 0.378. The second-order valence-corrected chi connectivity index (χ2v) is 14.6. The number of aliphatic hydroxyl groups is 1. The predicted molar refractivity (Wildman–Crippen MR) is 141 cm³/mol. The first-order valence-corrected chi connectivity index (χ1v) is 14.3. The van der Waals surface area contributed by atoms with Gasteiger partial charge in [0.25, 0.3) is 0 Å². The molecule has 2 fully saturated rings. The van der Waals surface area contributed by atoms with Crippen LogP contribution < -0.4 is 0 Å². The van der Waals surface area contributed by atoms with Crippen LogP contribution in [-0.2, 0) is 0 Å². The van der Waals surface area contributed by atoms with Gasteiger partial charge in [0.05, 0.1) is 6.10 Å². The summed E-state index contributed by atoms with van der Waals surface area (Å²) in [6.07, 6.45) is 12.5. The Labute approximate surface area is 207 Å². The zero-order valence-corrected chi connectivity index (χ0v) is 23.8. The van der Waals surface area contributed by atoms with E-state index in [2.05, 4.69) is 71.3 Å². The first-order chi connectivity index (χ1) is 14.8. The number of rotatable bonds is 4. The summed E-state index contributed by atoms with van der Waals surface area (Å²) in [6, 6.07) is 0. The summed E-state index contributed by atoms with van der Waals surface area (Å²) in [5.41, 5.74) is 6.30. The minimum Gasteiger partial charge on any atom is -0.393 e. The molecule has 0 aromatic rings. The molecular weight excluding hydrogens is 456 g/mol. The Morgan fingerprint density at radius 2 is 1.66 bits per heavy atom. The maximum absolute atomic E-state index is 10.8. The zero-order valence-electron chi connectivity index (χ0n) is 22.2. The van der Waals surface area contributed by atoms with Crippen molar-refractivity contribution < 1.29 is 5.11 Å². The Morgan fingerprint density at radius 3 is 2.31 bits per heavy atom. The topological polar surface area (TPSA) is 20.2 Å². The van der Waals surface area contributed by atoms with E-state index < -0.39 is 0 Å². The van der Waals surface area contributed by atoms with E-state index in [0.717, 1.165) is 18.3 Å². The van der Waals surface area contributed by atoms with E-state index in [4.69, 9.17) is 0 Å². The maximum atomic E-state index is 10.8. The fraction of sp³-hybridized carbons (Fsp3) is 0.867. The van der Waals surface area contributed by atoms with Crippen molar-refractivity contribution in [2.45, 2.75) is 126 Å². The van der Waals surface area contributed by atoms with Crippen LogP contribution in [0.4, 0.5) is 0 Å². The summed E-state index contributed by atoms with van der Waals surface area (Å²) in [4.78, 5) is 0. The van der Waals surface area contributed by atoms with E-state index >= 15 is 0 Å². The Balaban J connectivity index is 1.64. The molecule has 1 nitrogen and oxygen atoms in total. The van der Waals surface area contributed by atoms with E-state index in [-0.39, 0.29) is 11.5 Å². The number of allylic oxidation sites excluding steroid dienone is 4. The van der Waals surface area contributed by atoms with E-state index in [1.165, 1.54) is 67.8 Å². The van der Waals surface area contributed by atoms with Gasteiger partial charge in [-0.05, 0) is 122 Å². The van der Waals surface area contributed by atoms with Crippen molar-refractivity contribution >= 4 is 15.9 Å². The Kier molecular flexibility index (Phi) is 6.45. The molecule has 182 valence electrons. The van der Waals surface area contributed by atoms with Crippen molar-refractivity contribution in [3.05, 3.63) is 21.2 Å². The third kappa shape index (κ3) is 3.47. The van der Waals surface area contributed by atoms with Gasteiger partial charge in [-0.2, -0.15) is 0 Å². The van der Waals surface area contributed by atoms with Gasteiger partial charge >= 0.3 is 0 Å². The largest absolute Gasteiger partial charge is 0.393 e. The van der Waals surface area contributed by atoms with Crippen LogP contribution in [0, 0.1) is 39.4 Å². The van der Waals surface area contributed by atoms with Gasteiger partial charge in [0.15, 0.2) is 0 Å². The molecule has 0 bridgehead atoms. The molecule has 2 saturated carbocycles. The summed E-state index contributed by atoms with van der Waals surface area (Å²) in [7, 11) is 0. The van der Waals surface area contributed by atoms with Gasteiger partial charge in [-0.3, -0.25) is 0 Å². The van der Waals surface area contributed by atoms with Crippen molar-refractivity contribution in [3.63, 3.8) is 0 Å². The molecule has 0 spiro atoms. The molecule has 0 saturated heterocycles. The lowest BCUT2D eigenvalue weighted by molar-refractivity contribution is -0.0962. The molecule has 4 rings (SSSR count). The lowest BCUT2D eigenvalue weighted by Gasteiger charge is -2.62. The van der Waals surface area contributed by atoms with Crippen LogP contribution in [0.3, 0.4) is 0 Å². The van der Waals surface area contributed by atoms with Gasteiger partial charge in [0.2, 0.25) is 0 Å². The molecule has 0 aromatic heterocycles. The summed E-state index contributed by atoms with van der Waals surface area (Å²) in [5, 5.41) is 10.8. The summed E-state index contributed by atoms with van der Waals surface area (Å²) >= 11 is 3.82. The van der Waals surface area contributed by atoms with Crippen molar-refractivity contribution in [1.82, 2.24) is 0 Å². The van der Waals surface area contributed by atoms with Crippen LogP contribution in [0.5, 0.6) is 0 Å².